The molecule has 0 aliphatic carbocycles. The summed E-state index contributed by atoms with van der Waals surface area (Å²) in [6.07, 6.45) is 0. The third-order valence-electron chi connectivity index (χ3n) is 1.71. The molecule has 0 radical (unpaired) electrons. The Bertz CT molecular complexity index is 101. The number of rotatable bonds is 2. The Balaban J connectivity index is 0. The van der Waals surface area contributed by atoms with Gasteiger partial charge in [0.05, 0.1) is 42.1 Å². The van der Waals surface area contributed by atoms with E-state index in [-0.39, 0.29) is 0 Å². The van der Waals surface area contributed by atoms with Crippen LogP contribution < -0.4 is 14.0 Å². The van der Waals surface area contributed by atoms with Gasteiger partial charge in [-0.3, -0.25) is 0 Å². The maximum atomic E-state index is 8.60. The van der Waals surface area contributed by atoms with Gasteiger partial charge in [0.1, 0.15) is 0 Å². The van der Waals surface area contributed by atoms with E-state index in [0.29, 0.717) is 0 Å². The van der Waals surface area contributed by atoms with Crippen molar-refractivity contribution in [2.45, 2.75) is 13.8 Å². The van der Waals surface area contributed by atoms with Crippen LogP contribution in [0.25, 0.3) is 0 Å². The summed E-state index contributed by atoms with van der Waals surface area (Å²) in [6, 6.07) is 0. The summed E-state index contributed by atoms with van der Waals surface area (Å²) in [6.45, 7) is 6.89. The third kappa shape index (κ3) is 22.5. The molecular weight excluding hydrogens is 186 g/mol. The molecule has 0 atom stereocenters. The van der Waals surface area contributed by atoms with Crippen LogP contribution in [0.4, 0.5) is 0 Å². The fraction of sp³-hybridized carbons (Fsp3) is 1.00. The molecule has 0 fully saturated rings. The summed E-state index contributed by atoms with van der Waals surface area (Å²) in [4.78, 5) is 0. The minimum atomic E-state index is -4.69. The second kappa shape index (κ2) is 5.69. The van der Waals surface area contributed by atoms with Gasteiger partial charge in [-0.15, -0.1) is 0 Å². The summed E-state index contributed by atoms with van der Waals surface area (Å²) < 4.78 is 33.9. The van der Waals surface area contributed by atoms with E-state index in [9.17, 15) is 0 Å². The fourth-order valence-corrected chi connectivity index (χ4v) is 0.224. The molecule has 0 unspecified atom stereocenters. The second-order valence-corrected chi connectivity index (χ2v) is 3.76. The monoisotopic (exact) mass is 202 g/mol. The molecule has 0 bridgehead atoms. The van der Waals surface area contributed by atoms with Crippen LogP contribution in [0.3, 0.4) is 0 Å². The molecule has 0 aliphatic heterocycles. The van der Waals surface area contributed by atoms with Gasteiger partial charge >= 0.3 is 0 Å². The number of hydrogen-bond acceptors (Lipinski definition) is 4. The largest absolute Gasteiger partial charge is 0.329 e. The standard InChI is InChI=1S/C6H16N.ClHO4/c1-5-7(3,4)6-2;2-1(3,4)5/h5-6H2,1-4H3;(H,2,3,4,5)/q+1;. The van der Waals surface area contributed by atoms with Gasteiger partial charge in [0.25, 0.3) is 0 Å². The Kier molecular flexibility index (Phi) is 6.92. The summed E-state index contributed by atoms with van der Waals surface area (Å²) in [7, 11) is -0.222. The third-order valence-corrected chi connectivity index (χ3v) is 1.71. The van der Waals surface area contributed by atoms with E-state index in [0.717, 1.165) is 4.48 Å². The van der Waals surface area contributed by atoms with Crippen molar-refractivity contribution in [3.05, 3.63) is 0 Å². The maximum absolute atomic E-state index is 8.60. The van der Waals surface area contributed by atoms with Crippen LogP contribution >= 0.6 is 0 Å². The van der Waals surface area contributed by atoms with Gasteiger partial charge in [0.15, 0.2) is 0 Å². The first-order valence-electron chi connectivity index (χ1n) is 3.57. The highest BCUT2D eigenvalue weighted by Crippen LogP contribution is 1.91. The SMILES string of the molecule is CC[N+](C)(C)CC.[O-][Cl+3]([O-])([O-])O. The molecule has 5 nitrogen and oxygen atoms in total. The van der Waals surface area contributed by atoms with Crippen molar-refractivity contribution in [3.8, 4) is 0 Å². The Morgan fingerprint density at radius 2 is 1.25 bits per heavy atom. The highest BCUT2D eigenvalue weighted by molar-refractivity contribution is 4.17. The molecule has 0 aliphatic rings. The lowest BCUT2D eigenvalue weighted by Crippen LogP contribution is -2.58. The van der Waals surface area contributed by atoms with Gasteiger partial charge in [0, 0.05) is 0 Å². The molecule has 0 saturated carbocycles. The quantitative estimate of drug-likeness (QED) is 0.483. The van der Waals surface area contributed by atoms with E-state index in [1.165, 1.54) is 13.1 Å². The predicted molar refractivity (Wildman–Crippen MR) is 35.4 cm³/mol. The van der Waals surface area contributed by atoms with Crippen LogP contribution in [0, 0.1) is 10.2 Å². The highest BCUT2D eigenvalue weighted by Gasteiger charge is 2.04. The van der Waals surface area contributed by atoms with Crippen molar-refractivity contribution in [1.29, 1.82) is 0 Å². The lowest BCUT2D eigenvalue weighted by Gasteiger charge is -2.25. The number of quaternary nitrogens is 1. The van der Waals surface area contributed by atoms with Crippen LogP contribution in [0.1, 0.15) is 13.8 Å². The molecule has 76 valence electrons. The lowest BCUT2D eigenvalue weighted by atomic mass is 10.5. The smallest absolute Gasteiger partial charge is 0.0777 e. The Labute approximate surface area is 75.2 Å². The van der Waals surface area contributed by atoms with Gasteiger partial charge < -0.3 is 4.48 Å². The first kappa shape index (κ1) is 14.6. The average Bonchev–Trinajstić information content (AvgIpc) is 1.85. The normalized spacial score (nSPS) is 12.0. The molecule has 0 heterocycles. The highest BCUT2D eigenvalue weighted by atomic mass is 35.7. The molecule has 0 rings (SSSR count). The molecule has 0 spiro atoms. The van der Waals surface area contributed by atoms with Crippen molar-refractivity contribution in [2.75, 3.05) is 27.2 Å². The van der Waals surface area contributed by atoms with Crippen molar-refractivity contribution < 1.29 is 33.4 Å². The molecule has 0 aromatic heterocycles. The summed E-state index contributed by atoms with van der Waals surface area (Å²) in [5.41, 5.74) is 0. The molecule has 0 amide bonds. The van der Waals surface area contributed by atoms with Gasteiger partial charge in [-0.1, -0.05) is 0 Å². The zero-order chi connectivity index (χ0) is 10.4. The Morgan fingerprint density at radius 3 is 1.25 bits per heavy atom. The average molecular weight is 203 g/mol. The summed E-state index contributed by atoms with van der Waals surface area (Å²) in [5.74, 6) is 0. The van der Waals surface area contributed by atoms with Gasteiger partial charge in [0.2, 0.25) is 0 Å². The van der Waals surface area contributed by atoms with Crippen LogP contribution in [-0.4, -0.2) is 36.3 Å². The van der Waals surface area contributed by atoms with Crippen molar-refractivity contribution >= 4 is 0 Å². The minimum absolute atomic E-state index is 1.14. The van der Waals surface area contributed by atoms with E-state index < -0.39 is 10.2 Å². The maximum Gasteiger partial charge on any atom is 0.0777 e. The van der Waals surface area contributed by atoms with Crippen LogP contribution in [0.5, 0.6) is 0 Å². The first-order chi connectivity index (χ1) is 5.12. The Morgan fingerprint density at radius 1 is 1.08 bits per heavy atom. The number of hydrogen-bond donors (Lipinski definition) is 1. The Hall–Kier alpha value is 0.0900. The van der Waals surface area contributed by atoms with Crippen molar-refractivity contribution in [2.24, 2.45) is 0 Å². The number of nitrogens with zero attached hydrogens (tertiary/aromatic N) is 1. The van der Waals surface area contributed by atoms with Gasteiger partial charge in [-0.05, 0) is 13.8 Å². The minimum Gasteiger partial charge on any atom is -0.329 e. The topological polar surface area (TPSA) is 89.4 Å². The molecule has 0 aromatic rings. The molecule has 0 saturated heterocycles. The van der Waals surface area contributed by atoms with Crippen LogP contribution in [0.15, 0.2) is 0 Å². The van der Waals surface area contributed by atoms with Crippen LogP contribution in [0.2, 0.25) is 0 Å². The molecular formula is C6H17ClNO4+. The van der Waals surface area contributed by atoms with Gasteiger partial charge in [-0.2, -0.15) is 14.0 Å². The van der Waals surface area contributed by atoms with E-state index in [2.05, 4.69) is 27.9 Å². The van der Waals surface area contributed by atoms with Gasteiger partial charge in [-0.25, -0.2) is 0 Å². The molecule has 12 heavy (non-hydrogen) atoms. The van der Waals surface area contributed by atoms with Crippen molar-refractivity contribution in [1.82, 2.24) is 0 Å². The molecule has 0 aromatic carbocycles. The fourth-order valence-electron chi connectivity index (χ4n) is 0.224. The van der Waals surface area contributed by atoms with E-state index in [1.807, 2.05) is 0 Å². The zero-order valence-electron chi connectivity index (χ0n) is 7.91. The molecule has 1 N–H and O–H groups in total. The first-order valence-corrected chi connectivity index (χ1v) is 4.84. The molecule has 6 heteroatoms. The second-order valence-electron chi connectivity index (χ2n) is 2.96. The zero-order valence-corrected chi connectivity index (χ0v) is 8.67. The van der Waals surface area contributed by atoms with E-state index in [4.69, 9.17) is 18.6 Å². The number of halogens is 1. The summed E-state index contributed by atoms with van der Waals surface area (Å²) in [5, 5.41) is 0. The van der Waals surface area contributed by atoms with Crippen LogP contribution in [-0.2, 0) is 0 Å². The predicted octanol–water partition coefficient (Wildman–Crippen LogP) is -3.02. The van der Waals surface area contributed by atoms with Crippen molar-refractivity contribution in [3.63, 3.8) is 0 Å². The summed E-state index contributed by atoms with van der Waals surface area (Å²) >= 11 is 0. The van der Waals surface area contributed by atoms with E-state index in [1.54, 1.807) is 0 Å². The van der Waals surface area contributed by atoms with E-state index >= 15 is 0 Å². The lowest BCUT2D eigenvalue weighted by molar-refractivity contribution is -1.92.